The fraction of sp³-hybridized carbons (Fsp3) is 0.444. The molecule has 1 aliphatic rings. The first-order chi connectivity index (χ1) is 12.1. The van der Waals surface area contributed by atoms with Crippen LogP contribution in [0.4, 0.5) is 4.79 Å². The zero-order valence-electron chi connectivity index (χ0n) is 14.4. The van der Waals surface area contributed by atoms with E-state index in [1.165, 1.54) is 5.56 Å². The maximum absolute atomic E-state index is 12.0. The molecule has 1 aromatic heterocycles. The van der Waals surface area contributed by atoms with Gasteiger partial charge in [-0.05, 0) is 18.1 Å². The summed E-state index contributed by atoms with van der Waals surface area (Å²) in [4.78, 5) is 14.2. The van der Waals surface area contributed by atoms with Gasteiger partial charge in [0.2, 0.25) is 0 Å². The highest BCUT2D eigenvalue weighted by molar-refractivity contribution is 5.73. The van der Waals surface area contributed by atoms with Crippen molar-refractivity contribution in [2.24, 2.45) is 7.05 Å². The summed E-state index contributed by atoms with van der Waals surface area (Å²) in [5, 5.41) is 19.8. The molecular formula is C18H25N5O2. The van der Waals surface area contributed by atoms with E-state index < -0.39 is 0 Å². The van der Waals surface area contributed by atoms with Crippen molar-refractivity contribution in [1.82, 2.24) is 25.3 Å². The second-order valence-electron chi connectivity index (χ2n) is 6.47. The van der Waals surface area contributed by atoms with Crippen molar-refractivity contribution in [3.05, 3.63) is 53.9 Å². The molecule has 1 fully saturated rings. The van der Waals surface area contributed by atoms with E-state index in [4.69, 9.17) is 0 Å². The van der Waals surface area contributed by atoms with E-state index in [-0.39, 0.29) is 18.2 Å². The van der Waals surface area contributed by atoms with Crippen molar-refractivity contribution in [2.45, 2.75) is 31.7 Å². The van der Waals surface area contributed by atoms with Crippen LogP contribution in [0.2, 0.25) is 0 Å². The smallest absolute Gasteiger partial charge is 0.315 e. The lowest BCUT2D eigenvalue weighted by Crippen LogP contribution is -2.43. The number of rotatable bonds is 6. The molecule has 3 N–H and O–H groups in total. The molecule has 2 amide bonds. The Morgan fingerprint density at radius 1 is 1.28 bits per heavy atom. The lowest BCUT2D eigenvalue weighted by Gasteiger charge is -2.24. The molecule has 0 saturated carbocycles. The summed E-state index contributed by atoms with van der Waals surface area (Å²) < 4.78 is 1.73. The lowest BCUT2D eigenvalue weighted by molar-refractivity contribution is 0.172. The van der Waals surface area contributed by atoms with E-state index in [1.54, 1.807) is 10.9 Å². The molecule has 0 spiro atoms. The number of hydrogen-bond acceptors (Lipinski definition) is 4. The fourth-order valence-corrected chi connectivity index (χ4v) is 3.20. The van der Waals surface area contributed by atoms with Crippen molar-refractivity contribution in [3.8, 4) is 0 Å². The number of carbonyl (C=O) groups is 1. The quantitative estimate of drug-likeness (QED) is 0.726. The van der Waals surface area contributed by atoms with Crippen LogP contribution >= 0.6 is 0 Å². The highest BCUT2D eigenvalue weighted by atomic mass is 16.3. The van der Waals surface area contributed by atoms with Crippen LogP contribution in [0.1, 0.15) is 17.7 Å². The van der Waals surface area contributed by atoms with E-state index in [1.807, 2.05) is 31.3 Å². The van der Waals surface area contributed by atoms with Crippen LogP contribution in [0.5, 0.6) is 0 Å². The molecule has 1 saturated heterocycles. The first kappa shape index (κ1) is 17.4. The lowest BCUT2D eigenvalue weighted by atomic mass is 10.1. The standard InChI is InChI=1S/C18H25N5O2/c1-22-15(7-8-21-22)10-19-18(25)20-11-16-9-17(24)13-23(16)12-14-5-3-2-4-6-14/h2-8,16-17,24H,9-13H2,1H3,(H2,19,20,25). The molecule has 7 heteroatoms. The Kier molecular flexibility index (Phi) is 5.67. The van der Waals surface area contributed by atoms with Crippen LogP contribution in [0, 0.1) is 0 Å². The Labute approximate surface area is 147 Å². The molecule has 1 aliphatic heterocycles. The van der Waals surface area contributed by atoms with Gasteiger partial charge in [-0.2, -0.15) is 5.10 Å². The number of aryl methyl sites for hydroxylation is 1. The average molecular weight is 343 g/mol. The van der Waals surface area contributed by atoms with Gasteiger partial charge in [0.15, 0.2) is 0 Å². The highest BCUT2D eigenvalue weighted by Crippen LogP contribution is 2.20. The number of benzene rings is 1. The normalized spacial score (nSPS) is 20.6. The molecule has 1 aromatic carbocycles. The van der Waals surface area contributed by atoms with Gasteiger partial charge in [-0.1, -0.05) is 30.3 Å². The third kappa shape index (κ3) is 4.80. The van der Waals surface area contributed by atoms with E-state index >= 15 is 0 Å². The van der Waals surface area contributed by atoms with Crippen molar-refractivity contribution >= 4 is 6.03 Å². The molecule has 2 aromatic rings. The van der Waals surface area contributed by atoms with Gasteiger partial charge in [-0.3, -0.25) is 9.58 Å². The SMILES string of the molecule is Cn1nccc1CNC(=O)NCC1CC(O)CN1Cc1ccccc1. The van der Waals surface area contributed by atoms with Crippen LogP contribution in [0.3, 0.4) is 0 Å². The van der Waals surface area contributed by atoms with E-state index in [0.717, 1.165) is 12.2 Å². The number of aliphatic hydroxyl groups is 1. The zero-order chi connectivity index (χ0) is 17.6. The van der Waals surface area contributed by atoms with Crippen LogP contribution in [0.25, 0.3) is 0 Å². The van der Waals surface area contributed by atoms with E-state index in [0.29, 0.717) is 26.1 Å². The van der Waals surface area contributed by atoms with Crippen LogP contribution in [-0.4, -0.2) is 51.1 Å². The predicted octanol–water partition coefficient (Wildman–Crippen LogP) is 0.855. The van der Waals surface area contributed by atoms with Crippen molar-refractivity contribution < 1.29 is 9.90 Å². The average Bonchev–Trinajstić information content (AvgIpc) is 3.17. The maximum Gasteiger partial charge on any atom is 0.315 e. The van der Waals surface area contributed by atoms with Crippen LogP contribution < -0.4 is 10.6 Å². The van der Waals surface area contributed by atoms with Gasteiger partial charge in [0.1, 0.15) is 0 Å². The van der Waals surface area contributed by atoms with E-state index in [9.17, 15) is 9.90 Å². The van der Waals surface area contributed by atoms with Crippen molar-refractivity contribution in [2.75, 3.05) is 13.1 Å². The fourth-order valence-electron chi connectivity index (χ4n) is 3.20. The van der Waals surface area contributed by atoms with Gasteiger partial charge in [0.25, 0.3) is 0 Å². The Morgan fingerprint density at radius 3 is 2.80 bits per heavy atom. The molecule has 25 heavy (non-hydrogen) atoms. The number of carbonyl (C=O) groups excluding carboxylic acids is 1. The van der Waals surface area contributed by atoms with Gasteiger partial charge < -0.3 is 15.7 Å². The molecule has 2 atom stereocenters. The number of nitrogens with one attached hydrogen (secondary N) is 2. The molecule has 0 radical (unpaired) electrons. The number of aliphatic hydroxyl groups excluding tert-OH is 1. The molecule has 7 nitrogen and oxygen atoms in total. The summed E-state index contributed by atoms with van der Waals surface area (Å²) in [6.07, 6.45) is 2.04. The number of hydrogen-bond donors (Lipinski definition) is 3. The largest absolute Gasteiger partial charge is 0.392 e. The topological polar surface area (TPSA) is 82.4 Å². The van der Waals surface area contributed by atoms with E-state index in [2.05, 4.69) is 32.8 Å². The molecule has 134 valence electrons. The number of urea groups is 1. The number of aromatic nitrogens is 2. The Hall–Kier alpha value is -2.38. The van der Waals surface area contributed by atoms with Gasteiger partial charge in [-0.15, -0.1) is 0 Å². The molecule has 2 unspecified atom stereocenters. The Morgan fingerprint density at radius 2 is 2.08 bits per heavy atom. The van der Waals surface area contributed by atoms with Crippen molar-refractivity contribution in [3.63, 3.8) is 0 Å². The zero-order valence-corrected chi connectivity index (χ0v) is 14.4. The number of β-amino-alcohol motifs (C(OH)–C–C–N with tert-alkyl or cyclic N) is 1. The summed E-state index contributed by atoms with van der Waals surface area (Å²) in [5.74, 6) is 0. The van der Waals surface area contributed by atoms with Gasteiger partial charge >= 0.3 is 6.03 Å². The maximum atomic E-state index is 12.0. The minimum Gasteiger partial charge on any atom is -0.392 e. The molecule has 3 rings (SSSR count). The molecule has 0 aliphatic carbocycles. The third-order valence-electron chi connectivity index (χ3n) is 4.59. The minimum atomic E-state index is -0.340. The second kappa shape index (κ2) is 8.13. The van der Waals surface area contributed by atoms with Crippen LogP contribution in [0.15, 0.2) is 42.6 Å². The predicted molar refractivity (Wildman–Crippen MR) is 94.7 cm³/mol. The molecule has 0 bridgehead atoms. The first-order valence-electron chi connectivity index (χ1n) is 8.56. The monoisotopic (exact) mass is 343 g/mol. The van der Waals surface area contributed by atoms with Gasteiger partial charge in [0.05, 0.1) is 18.3 Å². The summed E-state index contributed by atoms with van der Waals surface area (Å²) >= 11 is 0. The third-order valence-corrected chi connectivity index (χ3v) is 4.59. The number of nitrogens with zero attached hydrogens (tertiary/aromatic N) is 3. The number of amides is 2. The molecular weight excluding hydrogens is 318 g/mol. The summed E-state index contributed by atoms with van der Waals surface area (Å²) in [7, 11) is 1.84. The van der Waals surface area contributed by atoms with Crippen molar-refractivity contribution in [1.29, 1.82) is 0 Å². The number of likely N-dealkylation sites (tertiary alicyclic amines) is 1. The van der Waals surface area contributed by atoms with Gasteiger partial charge in [0, 0.05) is 38.9 Å². The summed E-state index contributed by atoms with van der Waals surface area (Å²) in [6.45, 7) is 2.36. The van der Waals surface area contributed by atoms with Gasteiger partial charge in [-0.25, -0.2) is 4.79 Å². The summed E-state index contributed by atoms with van der Waals surface area (Å²) in [5.41, 5.74) is 2.15. The summed E-state index contributed by atoms with van der Waals surface area (Å²) in [6, 6.07) is 12.0. The Bertz CT molecular complexity index is 688. The second-order valence-corrected chi connectivity index (χ2v) is 6.47. The minimum absolute atomic E-state index is 0.137. The molecule has 2 heterocycles. The van der Waals surface area contributed by atoms with Crippen LogP contribution in [-0.2, 0) is 20.1 Å². The first-order valence-corrected chi connectivity index (χ1v) is 8.56. The highest BCUT2D eigenvalue weighted by Gasteiger charge is 2.30. The Balaban J connectivity index is 1.47.